The topological polar surface area (TPSA) is 26.3 Å². The number of carbonyl (C=O) groups excluding carboxylic acids is 1. The number of carbonyl (C=O) groups is 1. The predicted molar refractivity (Wildman–Crippen MR) is 61.3 cm³/mol. The highest BCUT2D eigenvalue weighted by molar-refractivity contribution is 6.30. The molecule has 0 bridgehead atoms. The molecule has 0 N–H and O–H groups in total. The molecular formula is C12H15ClO2. The van der Waals surface area contributed by atoms with Crippen LogP contribution in [0.25, 0.3) is 0 Å². The van der Waals surface area contributed by atoms with Crippen LogP contribution in [-0.4, -0.2) is 13.1 Å². The number of halogens is 1. The molecule has 0 aromatic heterocycles. The fourth-order valence-electron chi connectivity index (χ4n) is 1.52. The Bertz CT molecular complexity index is 359. The summed E-state index contributed by atoms with van der Waals surface area (Å²) in [6, 6.07) is 5.64. The van der Waals surface area contributed by atoms with Gasteiger partial charge >= 0.3 is 5.97 Å². The second-order valence-corrected chi connectivity index (χ2v) is 4.19. The number of hydrogen-bond donors (Lipinski definition) is 0. The van der Waals surface area contributed by atoms with Crippen LogP contribution < -0.4 is 0 Å². The minimum absolute atomic E-state index is 0.237. The summed E-state index contributed by atoms with van der Waals surface area (Å²) in [6.07, 6.45) is 0.282. The van der Waals surface area contributed by atoms with Gasteiger partial charge in [-0.3, -0.25) is 4.79 Å². The summed E-state index contributed by atoms with van der Waals surface area (Å²) < 4.78 is 4.65. The lowest BCUT2D eigenvalue weighted by Crippen LogP contribution is -2.07. The number of hydrogen-bond acceptors (Lipinski definition) is 2. The molecule has 1 aromatic rings. The van der Waals surface area contributed by atoms with Crippen molar-refractivity contribution < 1.29 is 9.53 Å². The lowest BCUT2D eigenvalue weighted by molar-refractivity contribution is -0.139. The molecule has 1 rings (SSSR count). The summed E-state index contributed by atoms with van der Waals surface area (Å²) >= 11 is 5.90. The van der Waals surface area contributed by atoms with Gasteiger partial charge in [0, 0.05) is 5.02 Å². The summed E-state index contributed by atoms with van der Waals surface area (Å²) in [5.74, 6) is 0.140. The minimum Gasteiger partial charge on any atom is -0.469 e. The van der Waals surface area contributed by atoms with E-state index in [0.29, 0.717) is 10.9 Å². The lowest BCUT2D eigenvalue weighted by atomic mass is 9.95. The summed E-state index contributed by atoms with van der Waals surface area (Å²) in [5, 5.41) is 0.651. The van der Waals surface area contributed by atoms with Crippen LogP contribution in [0.1, 0.15) is 30.9 Å². The van der Waals surface area contributed by atoms with Gasteiger partial charge in [-0.2, -0.15) is 0 Å². The minimum atomic E-state index is -0.237. The van der Waals surface area contributed by atoms with Crippen molar-refractivity contribution in [3.8, 4) is 0 Å². The van der Waals surface area contributed by atoms with E-state index in [2.05, 4.69) is 18.6 Å². The van der Waals surface area contributed by atoms with Crippen LogP contribution in [0.5, 0.6) is 0 Å². The van der Waals surface area contributed by atoms with E-state index in [1.807, 2.05) is 18.2 Å². The molecule has 0 aliphatic carbocycles. The van der Waals surface area contributed by atoms with E-state index in [9.17, 15) is 4.79 Å². The van der Waals surface area contributed by atoms with E-state index in [1.165, 1.54) is 7.11 Å². The van der Waals surface area contributed by atoms with Gasteiger partial charge in [0.15, 0.2) is 0 Å². The first-order chi connectivity index (χ1) is 7.04. The van der Waals surface area contributed by atoms with Crippen molar-refractivity contribution in [2.45, 2.75) is 26.2 Å². The van der Waals surface area contributed by atoms with Crippen molar-refractivity contribution in [1.82, 2.24) is 0 Å². The predicted octanol–water partition coefficient (Wildman–Crippen LogP) is 3.18. The first-order valence-corrected chi connectivity index (χ1v) is 5.27. The molecule has 2 nitrogen and oxygen atoms in total. The Labute approximate surface area is 95.2 Å². The zero-order chi connectivity index (χ0) is 11.4. The van der Waals surface area contributed by atoms with Crippen LogP contribution in [0, 0.1) is 0 Å². The summed E-state index contributed by atoms with van der Waals surface area (Å²) in [4.78, 5) is 11.2. The van der Waals surface area contributed by atoms with Crippen LogP contribution in [0.15, 0.2) is 18.2 Å². The molecule has 0 radical (unpaired) electrons. The average molecular weight is 227 g/mol. The van der Waals surface area contributed by atoms with Crippen LogP contribution in [-0.2, 0) is 16.0 Å². The Balaban J connectivity index is 3.02. The maximum Gasteiger partial charge on any atom is 0.309 e. The Morgan fingerprint density at radius 2 is 2.13 bits per heavy atom. The van der Waals surface area contributed by atoms with Crippen molar-refractivity contribution >= 4 is 17.6 Å². The molecule has 1 aromatic carbocycles. The second-order valence-electron chi connectivity index (χ2n) is 3.75. The zero-order valence-electron chi connectivity index (χ0n) is 9.21. The van der Waals surface area contributed by atoms with E-state index < -0.39 is 0 Å². The second kappa shape index (κ2) is 5.17. The average Bonchev–Trinajstić information content (AvgIpc) is 2.17. The maximum absolute atomic E-state index is 11.2. The SMILES string of the molecule is COC(=O)Cc1cc(Cl)ccc1C(C)C. The van der Waals surface area contributed by atoms with Crippen LogP contribution in [0.2, 0.25) is 5.02 Å². The first kappa shape index (κ1) is 12.1. The summed E-state index contributed by atoms with van der Waals surface area (Å²) in [7, 11) is 1.39. The standard InChI is InChI=1S/C12H15ClO2/c1-8(2)11-5-4-10(13)6-9(11)7-12(14)15-3/h4-6,8H,7H2,1-3H3. The number of esters is 1. The van der Waals surface area contributed by atoms with Crippen LogP contribution in [0.3, 0.4) is 0 Å². The zero-order valence-corrected chi connectivity index (χ0v) is 9.97. The molecule has 0 amide bonds. The largest absolute Gasteiger partial charge is 0.469 e. The van der Waals surface area contributed by atoms with Gasteiger partial charge in [0.1, 0.15) is 0 Å². The van der Waals surface area contributed by atoms with Gasteiger partial charge < -0.3 is 4.74 Å². The molecule has 0 saturated carbocycles. The third-order valence-corrected chi connectivity index (χ3v) is 2.52. The van der Waals surface area contributed by atoms with Crippen LogP contribution >= 0.6 is 11.6 Å². The van der Waals surface area contributed by atoms with Gasteiger partial charge in [-0.1, -0.05) is 31.5 Å². The lowest BCUT2D eigenvalue weighted by Gasteiger charge is -2.12. The molecule has 15 heavy (non-hydrogen) atoms. The van der Waals surface area contributed by atoms with Gasteiger partial charge in [0.2, 0.25) is 0 Å². The van der Waals surface area contributed by atoms with Gasteiger partial charge in [-0.25, -0.2) is 0 Å². The fourth-order valence-corrected chi connectivity index (χ4v) is 1.71. The summed E-state index contributed by atoms with van der Waals surface area (Å²) in [6.45, 7) is 4.17. The number of methoxy groups -OCH3 is 1. The Kier molecular flexibility index (Phi) is 4.15. The Hall–Kier alpha value is -1.02. The highest BCUT2D eigenvalue weighted by Crippen LogP contribution is 2.23. The third kappa shape index (κ3) is 3.24. The number of ether oxygens (including phenoxy) is 1. The Morgan fingerprint density at radius 3 is 2.67 bits per heavy atom. The molecule has 0 fully saturated rings. The highest BCUT2D eigenvalue weighted by Gasteiger charge is 2.11. The smallest absolute Gasteiger partial charge is 0.309 e. The molecule has 0 heterocycles. The number of benzene rings is 1. The quantitative estimate of drug-likeness (QED) is 0.740. The molecule has 0 spiro atoms. The van der Waals surface area contributed by atoms with E-state index in [4.69, 9.17) is 11.6 Å². The first-order valence-electron chi connectivity index (χ1n) is 4.89. The molecule has 3 heteroatoms. The summed E-state index contributed by atoms with van der Waals surface area (Å²) in [5.41, 5.74) is 2.09. The van der Waals surface area contributed by atoms with E-state index >= 15 is 0 Å². The van der Waals surface area contributed by atoms with Crippen molar-refractivity contribution in [1.29, 1.82) is 0 Å². The van der Waals surface area contributed by atoms with E-state index in [1.54, 1.807) is 0 Å². The molecule has 82 valence electrons. The molecular weight excluding hydrogens is 212 g/mol. The molecule has 0 atom stereocenters. The third-order valence-electron chi connectivity index (χ3n) is 2.29. The van der Waals surface area contributed by atoms with E-state index in [0.717, 1.165) is 11.1 Å². The number of rotatable bonds is 3. The van der Waals surface area contributed by atoms with Crippen molar-refractivity contribution in [3.63, 3.8) is 0 Å². The fraction of sp³-hybridized carbons (Fsp3) is 0.417. The van der Waals surface area contributed by atoms with Crippen molar-refractivity contribution in [2.75, 3.05) is 7.11 Å². The van der Waals surface area contributed by atoms with E-state index in [-0.39, 0.29) is 12.4 Å². The van der Waals surface area contributed by atoms with Gasteiger partial charge in [-0.15, -0.1) is 0 Å². The van der Waals surface area contributed by atoms with Crippen LogP contribution in [0.4, 0.5) is 0 Å². The highest BCUT2D eigenvalue weighted by atomic mass is 35.5. The normalized spacial score (nSPS) is 10.5. The monoisotopic (exact) mass is 226 g/mol. The Morgan fingerprint density at radius 1 is 1.47 bits per heavy atom. The van der Waals surface area contributed by atoms with Gasteiger partial charge in [0.05, 0.1) is 13.5 Å². The van der Waals surface area contributed by atoms with Gasteiger partial charge in [-0.05, 0) is 29.2 Å². The van der Waals surface area contributed by atoms with Gasteiger partial charge in [0.25, 0.3) is 0 Å². The molecule has 0 saturated heterocycles. The molecule has 0 aliphatic heterocycles. The maximum atomic E-state index is 11.2. The van der Waals surface area contributed by atoms with Crippen molar-refractivity contribution in [3.05, 3.63) is 34.3 Å². The molecule has 0 unspecified atom stereocenters. The van der Waals surface area contributed by atoms with Crippen molar-refractivity contribution in [2.24, 2.45) is 0 Å². The molecule has 0 aliphatic rings.